The first kappa shape index (κ1) is 12.5. The Bertz CT molecular complexity index is 465. The Morgan fingerprint density at radius 2 is 1.67 bits per heavy atom. The summed E-state index contributed by atoms with van der Waals surface area (Å²) >= 11 is 11.1. The molecule has 0 saturated heterocycles. The van der Waals surface area contributed by atoms with Crippen LogP contribution in [0.4, 0.5) is 0 Å². The van der Waals surface area contributed by atoms with Gasteiger partial charge in [-0.2, -0.15) is 0 Å². The van der Waals surface area contributed by atoms with Crippen LogP contribution in [0, 0.1) is 0 Å². The van der Waals surface area contributed by atoms with Gasteiger partial charge in [0.1, 0.15) is 0 Å². The quantitative estimate of drug-likeness (QED) is 0.789. The van der Waals surface area contributed by atoms with E-state index in [1.54, 1.807) is 6.07 Å². The minimum absolute atomic E-state index is 0.0785. The molecule has 0 saturated carbocycles. The summed E-state index contributed by atoms with van der Waals surface area (Å²) < 4.78 is 21.2. The van der Waals surface area contributed by atoms with Crippen molar-refractivity contribution in [3.8, 4) is 0 Å². The smallest absolute Gasteiger partial charge is 0.279 e. The molecule has 82 valence electrons. The van der Waals surface area contributed by atoms with Crippen LogP contribution in [0.5, 0.6) is 0 Å². The van der Waals surface area contributed by atoms with Gasteiger partial charge >= 0.3 is 0 Å². The van der Waals surface area contributed by atoms with Gasteiger partial charge in [-0.3, -0.25) is 4.79 Å². The van der Waals surface area contributed by atoms with E-state index in [1.807, 2.05) is 0 Å². The van der Waals surface area contributed by atoms with E-state index in [0.29, 0.717) is 0 Å². The SMILES string of the molecule is CC(=O)C(Cl)(Cl)S(=O)(=O)c1ccccc1. The van der Waals surface area contributed by atoms with Crippen molar-refractivity contribution in [2.45, 2.75) is 15.5 Å². The molecule has 0 spiro atoms. The fourth-order valence-corrected chi connectivity index (χ4v) is 2.66. The highest BCUT2D eigenvalue weighted by atomic mass is 35.5. The van der Waals surface area contributed by atoms with Crippen LogP contribution in [0.1, 0.15) is 6.92 Å². The van der Waals surface area contributed by atoms with Gasteiger partial charge < -0.3 is 0 Å². The lowest BCUT2D eigenvalue weighted by Crippen LogP contribution is -2.33. The van der Waals surface area contributed by atoms with Crippen LogP contribution in [0.25, 0.3) is 0 Å². The summed E-state index contributed by atoms with van der Waals surface area (Å²) in [5.41, 5.74) is 0. The molecule has 0 heterocycles. The molecule has 6 heteroatoms. The van der Waals surface area contributed by atoms with E-state index in [2.05, 4.69) is 0 Å². The van der Waals surface area contributed by atoms with Gasteiger partial charge in [-0.25, -0.2) is 8.42 Å². The largest absolute Gasteiger partial charge is 0.295 e. The summed E-state index contributed by atoms with van der Waals surface area (Å²) in [5.74, 6) is -0.824. The number of carbonyl (C=O) groups is 1. The molecule has 0 aliphatic rings. The standard InChI is InChI=1S/C9H8Cl2O3S/c1-7(12)9(10,11)15(13,14)8-5-3-2-4-6-8/h2-6H,1H3. The first-order chi connectivity index (χ1) is 6.80. The van der Waals surface area contributed by atoms with E-state index in [4.69, 9.17) is 23.2 Å². The highest BCUT2D eigenvalue weighted by molar-refractivity contribution is 7.96. The molecule has 0 aromatic heterocycles. The van der Waals surface area contributed by atoms with Crippen molar-refractivity contribution in [1.82, 2.24) is 0 Å². The molecule has 1 aromatic rings. The van der Waals surface area contributed by atoms with Gasteiger partial charge in [-0.05, 0) is 19.1 Å². The van der Waals surface area contributed by atoms with Crippen LogP contribution in [-0.4, -0.2) is 17.9 Å². The van der Waals surface area contributed by atoms with Gasteiger partial charge in [0.2, 0.25) is 9.84 Å². The van der Waals surface area contributed by atoms with E-state index in [0.717, 1.165) is 6.92 Å². The third-order valence-electron chi connectivity index (χ3n) is 1.80. The Kier molecular flexibility index (Phi) is 3.43. The van der Waals surface area contributed by atoms with Crippen molar-refractivity contribution >= 4 is 38.8 Å². The van der Waals surface area contributed by atoms with E-state index < -0.39 is 19.3 Å². The number of carbonyl (C=O) groups excluding carboxylic acids is 1. The Hall–Kier alpha value is -0.580. The van der Waals surface area contributed by atoms with E-state index in [9.17, 15) is 13.2 Å². The van der Waals surface area contributed by atoms with Gasteiger partial charge in [0.05, 0.1) is 4.90 Å². The first-order valence-electron chi connectivity index (χ1n) is 3.98. The Morgan fingerprint density at radius 3 is 2.07 bits per heavy atom. The second-order valence-electron chi connectivity index (χ2n) is 2.89. The van der Waals surface area contributed by atoms with Gasteiger partial charge in [0, 0.05) is 0 Å². The third-order valence-corrected chi connectivity index (χ3v) is 5.41. The number of Topliss-reactive ketones (excluding diaryl/α,β-unsaturated/α-hetero) is 1. The van der Waals surface area contributed by atoms with Crippen LogP contribution in [0.2, 0.25) is 0 Å². The van der Waals surface area contributed by atoms with Gasteiger partial charge in [-0.1, -0.05) is 41.4 Å². The molecular weight excluding hydrogens is 259 g/mol. The topological polar surface area (TPSA) is 51.2 Å². The van der Waals surface area contributed by atoms with Crippen LogP contribution >= 0.6 is 23.2 Å². The number of sulfone groups is 1. The summed E-state index contributed by atoms with van der Waals surface area (Å²) in [6, 6.07) is 7.36. The second kappa shape index (κ2) is 4.12. The number of halogens is 2. The summed E-state index contributed by atoms with van der Waals surface area (Å²) in [6.45, 7) is 1.03. The minimum atomic E-state index is -4.06. The van der Waals surface area contributed by atoms with Crippen LogP contribution in [0.3, 0.4) is 0 Å². The van der Waals surface area contributed by atoms with Crippen molar-refractivity contribution in [2.75, 3.05) is 0 Å². The molecule has 0 radical (unpaired) electrons. The molecule has 0 aliphatic carbocycles. The lowest BCUT2D eigenvalue weighted by atomic mass is 10.4. The van der Waals surface area contributed by atoms with Gasteiger partial charge in [-0.15, -0.1) is 0 Å². The molecule has 0 N–H and O–H groups in total. The fraction of sp³-hybridized carbons (Fsp3) is 0.222. The summed E-state index contributed by atoms with van der Waals surface area (Å²) in [4.78, 5) is 11.0. The normalized spacial score (nSPS) is 12.5. The summed E-state index contributed by atoms with van der Waals surface area (Å²) in [6.07, 6.45) is 0. The number of ketones is 1. The Labute approximate surface area is 97.9 Å². The summed E-state index contributed by atoms with van der Waals surface area (Å²) in [5, 5.41) is 0. The number of alkyl halides is 2. The highest BCUT2D eigenvalue weighted by Crippen LogP contribution is 2.34. The maximum absolute atomic E-state index is 11.8. The lowest BCUT2D eigenvalue weighted by Gasteiger charge is -2.16. The average molecular weight is 267 g/mol. The number of hydrogen-bond acceptors (Lipinski definition) is 3. The molecule has 0 bridgehead atoms. The number of rotatable bonds is 3. The molecule has 0 fully saturated rings. The van der Waals surface area contributed by atoms with E-state index in [-0.39, 0.29) is 4.90 Å². The van der Waals surface area contributed by atoms with Crippen LogP contribution in [0.15, 0.2) is 35.2 Å². The zero-order chi connectivity index (χ0) is 11.7. The zero-order valence-corrected chi connectivity index (χ0v) is 10.1. The number of benzene rings is 1. The average Bonchev–Trinajstić information content (AvgIpc) is 2.18. The Balaban J connectivity index is 3.33. The van der Waals surface area contributed by atoms with E-state index >= 15 is 0 Å². The maximum atomic E-state index is 11.8. The lowest BCUT2D eigenvalue weighted by molar-refractivity contribution is -0.116. The first-order valence-corrected chi connectivity index (χ1v) is 6.22. The molecule has 3 nitrogen and oxygen atoms in total. The highest BCUT2D eigenvalue weighted by Gasteiger charge is 2.45. The molecule has 0 atom stereocenters. The second-order valence-corrected chi connectivity index (χ2v) is 6.76. The molecule has 1 aromatic carbocycles. The molecule has 0 amide bonds. The molecule has 0 unspecified atom stereocenters. The van der Waals surface area contributed by atoms with Crippen molar-refractivity contribution in [2.24, 2.45) is 0 Å². The minimum Gasteiger partial charge on any atom is -0.295 e. The van der Waals surface area contributed by atoms with Crippen molar-refractivity contribution in [3.05, 3.63) is 30.3 Å². The van der Waals surface area contributed by atoms with Crippen molar-refractivity contribution in [1.29, 1.82) is 0 Å². The van der Waals surface area contributed by atoms with Crippen molar-refractivity contribution in [3.63, 3.8) is 0 Å². The molecule has 0 aliphatic heterocycles. The third kappa shape index (κ3) is 2.17. The zero-order valence-electron chi connectivity index (χ0n) is 7.78. The molecule has 1 rings (SSSR count). The van der Waals surface area contributed by atoms with Crippen LogP contribution in [-0.2, 0) is 14.6 Å². The Morgan fingerprint density at radius 1 is 1.20 bits per heavy atom. The summed E-state index contributed by atoms with van der Waals surface area (Å²) in [7, 11) is -4.06. The maximum Gasteiger partial charge on any atom is 0.279 e. The predicted octanol–water partition coefficient (Wildman–Crippen LogP) is 2.18. The predicted molar refractivity (Wildman–Crippen MR) is 58.7 cm³/mol. The number of hydrogen-bond donors (Lipinski definition) is 0. The van der Waals surface area contributed by atoms with Crippen molar-refractivity contribution < 1.29 is 13.2 Å². The van der Waals surface area contributed by atoms with Gasteiger partial charge in [0.15, 0.2) is 5.78 Å². The monoisotopic (exact) mass is 266 g/mol. The molecule has 15 heavy (non-hydrogen) atoms. The fourth-order valence-electron chi connectivity index (χ4n) is 0.937. The molecular formula is C9H8Cl2O3S. The van der Waals surface area contributed by atoms with E-state index in [1.165, 1.54) is 24.3 Å². The van der Waals surface area contributed by atoms with Gasteiger partial charge in [0.25, 0.3) is 3.67 Å². The van der Waals surface area contributed by atoms with Crippen LogP contribution < -0.4 is 0 Å².